The van der Waals surface area contributed by atoms with Crippen LogP contribution in [-0.4, -0.2) is 20.6 Å². The molecule has 0 spiro atoms. The van der Waals surface area contributed by atoms with Crippen LogP contribution >= 0.6 is 0 Å². The summed E-state index contributed by atoms with van der Waals surface area (Å²) in [5, 5.41) is 0. The summed E-state index contributed by atoms with van der Waals surface area (Å²) in [6, 6.07) is 4.49. The highest BCUT2D eigenvalue weighted by atomic mass is 32.2. The Bertz CT molecular complexity index is 522. The molecule has 0 radical (unpaired) electrons. The van der Waals surface area contributed by atoms with Crippen molar-refractivity contribution in [1.82, 2.24) is 0 Å². The van der Waals surface area contributed by atoms with Gasteiger partial charge in [0.25, 0.3) is 5.91 Å². The molecule has 1 aromatic rings. The van der Waals surface area contributed by atoms with Crippen LogP contribution in [0.5, 0.6) is 0 Å². The molecule has 0 aromatic heterocycles. The number of carbonyl (C=O) groups is 1. The lowest BCUT2D eigenvalue weighted by molar-refractivity contribution is 0.100. The van der Waals surface area contributed by atoms with Crippen molar-refractivity contribution in [2.24, 2.45) is 16.5 Å². The number of aliphatic imine (C=N–C) groups is 1. The van der Waals surface area contributed by atoms with Crippen LogP contribution in [0.25, 0.3) is 0 Å². The van der Waals surface area contributed by atoms with Gasteiger partial charge in [0.2, 0.25) is 0 Å². The molecule has 1 amide bonds. The van der Waals surface area contributed by atoms with Gasteiger partial charge in [0.05, 0.1) is 4.90 Å². The van der Waals surface area contributed by atoms with Crippen LogP contribution in [0.15, 0.2) is 28.1 Å². The first-order valence-electron chi connectivity index (χ1n) is 5.21. The van der Waals surface area contributed by atoms with E-state index in [-0.39, 0.29) is 22.3 Å². The molecule has 0 aliphatic carbocycles. The SMILES string of the molecule is CC(C)c1ccc(C(=O)N=C(N)N)cc1S(=O)O. The van der Waals surface area contributed by atoms with E-state index in [1.54, 1.807) is 6.07 Å². The highest BCUT2D eigenvalue weighted by Crippen LogP contribution is 2.23. The molecule has 1 aromatic carbocycles. The van der Waals surface area contributed by atoms with Crippen molar-refractivity contribution in [1.29, 1.82) is 0 Å². The largest absolute Gasteiger partial charge is 0.370 e. The maximum Gasteiger partial charge on any atom is 0.280 e. The van der Waals surface area contributed by atoms with E-state index in [0.717, 1.165) is 0 Å². The Hall–Kier alpha value is -1.73. The molecular formula is C11H15N3O3S. The molecule has 0 heterocycles. The second-order valence-corrected chi connectivity index (χ2v) is 4.94. The number of benzene rings is 1. The van der Waals surface area contributed by atoms with Gasteiger partial charge < -0.3 is 16.0 Å². The molecule has 0 aliphatic rings. The fourth-order valence-electron chi connectivity index (χ4n) is 1.48. The zero-order chi connectivity index (χ0) is 13.9. The quantitative estimate of drug-likeness (QED) is 0.426. The van der Waals surface area contributed by atoms with E-state index < -0.39 is 17.0 Å². The molecule has 0 aliphatic heterocycles. The number of nitrogens with two attached hydrogens (primary N) is 2. The Morgan fingerprint density at radius 1 is 1.39 bits per heavy atom. The minimum atomic E-state index is -2.16. The van der Waals surface area contributed by atoms with Gasteiger partial charge >= 0.3 is 0 Å². The maximum atomic E-state index is 11.6. The third-order valence-corrected chi connectivity index (χ3v) is 3.03. The first-order chi connectivity index (χ1) is 8.32. The summed E-state index contributed by atoms with van der Waals surface area (Å²) in [5.41, 5.74) is 11.1. The van der Waals surface area contributed by atoms with E-state index in [0.29, 0.717) is 5.56 Å². The van der Waals surface area contributed by atoms with Gasteiger partial charge in [0, 0.05) is 5.56 Å². The summed E-state index contributed by atoms with van der Waals surface area (Å²) >= 11 is -2.16. The number of guanidine groups is 1. The summed E-state index contributed by atoms with van der Waals surface area (Å²) in [6.07, 6.45) is 0. The van der Waals surface area contributed by atoms with Crippen LogP contribution in [0.4, 0.5) is 0 Å². The normalized spacial score (nSPS) is 12.2. The Kier molecular flexibility index (Phi) is 4.57. The molecule has 1 rings (SSSR count). The van der Waals surface area contributed by atoms with Gasteiger partial charge in [0.1, 0.15) is 0 Å². The number of hydrogen-bond acceptors (Lipinski definition) is 2. The molecule has 1 atom stereocenters. The fraction of sp³-hybridized carbons (Fsp3) is 0.273. The third kappa shape index (κ3) is 3.38. The Balaban J connectivity index is 3.28. The highest BCUT2D eigenvalue weighted by Gasteiger charge is 2.14. The van der Waals surface area contributed by atoms with Crippen LogP contribution in [0.1, 0.15) is 35.7 Å². The molecule has 7 heteroatoms. The third-order valence-electron chi connectivity index (χ3n) is 2.30. The van der Waals surface area contributed by atoms with Crippen molar-refractivity contribution >= 4 is 22.9 Å². The number of carbonyl (C=O) groups excluding carboxylic acids is 1. The van der Waals surface area contributed by atoms with Crippen molar-refractivity contribution in [2.75, 3.05) is 0 Å². The summed E-state index contributed by atoms with van der Waals surface area (Å²) in [6.45, 7) is 3.78. The van der Waals surface area contributed by atoms with Crippen molar-refractivity contribution in [3.05, 3.63) is 29.3 Å². The Morgan fingerprint density at radius 3 is 2.44 bits per heavy atom. The molecule has 1 unspecified atom stereocenters. The zero-order valence-corrected chi connectivity index (χ0v) is 10.9. The predicted molar refractivity (Wildman–Crippen MR) is 69.7 cm³/mol. The average molecular weight is 269 g/mol. The van der Waals surface area contributed by atoms with Gasteiger partial charge in [0.15, 0.2) is 17.0 Å². The minimum absolute atomic E-state index is 0.0725. The van der Waals surface area contributed by atoms with E-state index in [1.807, 2.05) is 13.8 Å². The number of hydrogen-bond donors (Lipinski definition) is 3. The molecule has 98 valence electrons. The molecular weight excluding hydrogens is 254 g/mol. The van der Waals surface area contributed by atoms with Gasteiger partial charge in [-0.25, -0.2) is 4.21 Å². The van der Waals surface area contributed by atoms with Crippen molar-refractivity contribution in [3.63, 3.8) is 0 Å². The van der Waals surface area contributed by atoms with Crippen molar-refractivity contribution in [3.8, 4) is 0 Å². The molecule has 0 bridgehead atoms. The van der Waals surface area contributed by atoms with E-state index in [1.165, 1.54) is 12.1 Å². The first-order valence-corrected chi connectivity index (χ1v) is 6.32. The zero-order valence-electron chi connectivity index (χ0n) is 10.1. The van der Waals surface area contributed by atoms with Gasteiger partial charge in [-0.3, -0.25) is 4.79 Å². The monoisotopic (exact) mass is 269 g/mol. The number of rotatable bonds is 3. The second kappa shape index (κ2) is 5.74. The van der Waals surface area contributed by atoms with Gasteiger partial charge in [-0.1, -0.05) is 19.9 Å². The van der Waals surface area contributed by atoms with Crippen molar-refractivity contribution < 1.29 is 13.6 Å². The Morgan fingerprint density at radius 2 is 2.00 bits per heavy atom. The van der Waals surface area contributed by atoms with Crippen LogP contribution < -0.4 is 11.5 Å². The molecule has 5 N–H and O–H groups in total. The van der Waals surface area contributed by atoms with Gasteiger partial charge in [-0.2, -0.15) is 4.99 Å². The first kappa shape index (κ1) is 14.3. The van der Waals surface area contributed by atoms with Crippen LogP contribution in [0, 0.1) is 0 Å². The van der Waals surface area contributed by atoms with Crippen LogP contribution in [-0.2, 0) is 11.1 Å². The van der Waals surface area contributed by atoms with Crippen LogP contribution in [0.2, 0.25) is 0 Å². The lowest BCUT2D eigenvalue weighted by atomic mass is 10.0. The molecule has 0 saturated carbocycles. The molecule has 0 fully saturated rings. The summed E-state index contributed by atoms with van der Waals surface area (Å²) in [5.74, 6) is -0.917. The summed E-state index contributed by atoms with van der Waals surface area (Å²) < 4.78 is 20.5. The summed E-state index contributed by atoms with van der Waals surface area (Å²) in [7, 11) is 0. The van der Waals surface area contributed by atoms with E-state index in [4.69, 9.17) is 11.5 Å². The van der Waals surface area contributed by atoms with E-state index >= 15 is 0 Å². The average Bonchev–Trinajstić information content (AvgIpc) is 2.26. The van der Waals surface area contributed by atoms with Gasteiger partial charge in [-0.05, 0) is 23.6 Å². The standard InChI is InChI=1S/C11H15N3O3S/c1-6(2)8-4-3-7(5-9(8)18(16)17)10(15)14-11(12)13/h3-6H,1-2H3,(H,16,17)(H4,12,13,14,15). The number of nitrogens with zero attached hydrogens (tertiary/aromatic N) is 1. The van der Waals surface area contributed by atoms with Crippen LogP contribution in [0.3, 0.4) is 0 Å². The lowest BCUT2D eigenvalue weighted by Gasteiger charge is -2.10. The van der Waals surface area contributed by atoms with E-state index in [9.17, 15) is 13.6 Å². The molecule has 0 saturated heterocycles. The maximum absolute atomic E-state index is 11.6. The fourth-order valence-corrected chi connectivity index (χ4v) is 2.21. The highest BCUT2D eigenvalue weighted by molar-refractivity contribution is 7.79. The molecule has 18 heavy (non-hydrogen) atoms. The van der Waals surface area contributed by atoms with Gasteiger partial charge in [-0.15, -0.1) is 0 Å². The topological polar surface area (TPSA) is 119 Å². The number of amides is 1. The predicted octanol–water partition coefficient (Wildman–Crippen LogP) is 0.804. The lowest BCUT2D eigenvalue weighted by Crippen LogP contribution is -2.24. The minimum Gasteiger partial charge on any atom is -0.370 e. The molecule has 6 nitrogen and oxygen atoms in total. The van der Waals surface area contributed by atoms with E-state index in [2.05, 4.69) is 4.99 Å². The van der Waals surface area contributed by atoms with Crippen molar-refractivity contribution in [2.45, 2.75) is 24.7 Å². The Labute approximate surface area is 107 Å². The second-order valence-electron chi connectivity index (χ2n) is 4.00. The summed E-state index contributed by atoms with van der Waals surface area (Å²) in [4.78, 5) is 15.2. The smallest absolute Gasteiger partial charge is 0.280 e.